The van der Waals surface area contributed by atoms with Crippen LogP contribution in [0.3, 0.4) is 0 Å². The molecule has 0 aliphatic rings. The number of aromatic nitrogens is 1. The van der Waals surface area contributed by atoms with Crippen molar-refractivity contribution in [3.8, 4) is 5.88 Å². The summed E-state index contributed by atoms with van der Waals surface area (Å²) in [4.78, 5) is 4.29. The van der Waals surface area contributed by atoms with E-state index < -0.39 is 0 Å². The lowest BCUT2D eigenvalue weighted by Gasteiger charge is -2.13. The van der Waals surface area contributed by atoms with E-state index in [0.29, 0.717) is 24.2 Å². The first kappa shape index (κ1) is 11.6. The minimum Gasteiger partial charge on any atom is -0.476 e. The second-order valence-electron chi connectivity index (χ2n) is 3.48. The lowest BCUT2D eigenvalue weighted by atomic mass is 10.2. The van der Waals surface area contributed by atoms with Gasteiger partial charge in [-0.25, -0.2) is 0 Å². The zero-order valence-electron chi connectivity index (χ0n) is 9.58. The maximum Gasteiger partial charge on any atom is 0.239 e. The summed E-state index contributed by atoms with van der Waals surface area (Å²) in [5.41, 5.74) is 6.30. The Kier molecular flexibility index (Phi) is 4.21. The van der Waals surface area contributed by atoms with Gasteiger partial charge in [-0.05, 0) is 32.4 Å². The van der Waals surface area contributed by atoms with Gasteiger partial charge in [0.15, 0.2) is 0 Å². The summed E-state index contributed by atoms with van der Waals surface area (Å²) in [5, 5.41) is 3.27. The van der Waals surface area contributed by atoms with E-state index in [1.165, 1.54) is 0 Å². The fourth-order valence-electron chi connectivity index (χ4n) is 1.14. The molecule has 1 heterocycles. The van der Waals surface area contributed by atoms with Crippen molar-refractivity contribution in [1.29, 1.82) is 0 Å². The van der Waals surface area contributed by atoms with Gasteiger partial charge in [0.2, 0.25) is 5.88 Å². The van der Waals surface area contributed by atoms with Crippen LogP contribution in [-0.4, -0.2) is 17.6 Å². The predicted octanol–water partition coefficient (Wildman–Crippen LogP) is 2.27. The highest BCUT2D eigenvalue weighted by molar-refractivity contribution is 5.53. The van der Waals surface area contributed by atoms with E-state index >= 15 is 0 Å². The van der Waals surface area contributed by atoms with Gasteiger partial charge in [-0.3, -0.25) is 0 Å². The van der Waals surface area contributed by atoms with E-state index in [1.807, 2.05) is 19.1 Å². The van der Waals surface area contributed by atoms with Crippen LogP contribution in [0.5, 0.6) is 5.88 Å². The van der Waals surface area contributed by atoms with Crippen molar-refractivity contribution in [2.75, 3.05) is 17.7 Å². The Morgan fingerprint density at radius 2 is 2.20 bits per heavy atom. The van der Waals surface area contributed by atoms with Crippen molar-refractivity contribution in [3.63, 3.8) is 0 Å². The topological polar surface area (TPSA) is 60.2 Å². The summed E-state index contributed by atoms with van der Waals surface area (Å²) in [6.45, 7) is 6.72. The van der Waals surface area contributed by atoms with E-state index in [9.17, 15) is 0 Å². The fourth-order valence-corrected chi connectivity index (χ4v) is 1.14. The van der Waals surface area contributed by atoms with Crippen LogP contribution in [0.1, 0.15) is 27.2 Å². The molecule has 1 rings (SSSR count). The Labute approximate surface area is 90.8 Å². The molecule has 0 amide bonds. The molecule has 15 heavy (non-hydrogen) atoms. The minimum atomic E-state index is 0.399. The van der Waals surface area contributed by atoms with Crippen LogP contribution in [-0.2, 0) is 0 Å². The number of hydrogen-bond acceptors (Lipinski definition) is 4. The SMILES string of the molecule is CCOc1nc(NC(C)CC)ccc1N. The van der Waals surface area contributed by atoms with E-state index in [-0.39, 0.29) is 0 Å². The van der Waals surface area contributed by atoms with Crippen LogP contribution in [0.15, 0.2) is 12.1 Å². The predicted molar refractivity (Wildman–Crippen MR) is 63.2 cm³/mol. The summed E-state index contributed by atoms with van der Waals surface area (Å²) in [6.07, 6.45) is 1.05. The molecule has 1 aromatic rings. The zero-order valence-corrected chi connectivity index (χ0v) is 9.58. The third-order valence-corrected chi connectivity index (χ3v) is 2.18. The summed E-state index contributed by atoms with van der Waals surface area (Å²) in [6, 6.07) is 4.07. The van der Waals surface area contributed by atoms with Crippen LogP contribution in [0.25, 0.3) is 0 Å². The van der Waals surface area contributed by atoms with Crippen LogP contribution < -0.4 is 15.8 Å². The highest BCUT2D eigenvalue weighted by Crippen LogP contribution is 2.21. The van der Waals surface area contributed by atoms with Crippen molar-refractivity contribution in [3.05, 3.63) is 12.1 Å². The number of ether oxygens (including phenoxy) is 1. The first-order chi connectivity index (χ1) is 7.17. The summed E-state index contributed by atoms with van der Waals surface area (Å²) in [5.74, 6) is 1.31. The summed E-state index contributed by atoms with van der Waals surface area (Å²) >= 11 is 0. The fraction of sp³-hybridized carbons (Fsp3) is 0.545. The molecular weight excluding hydrogens is 190 g/mol. The van der Waals surface area contributed by atoms with E-state index in [4.69, 9.17) is 10.5 Å². The van der Waals surface area contributed by atoms with Gasteiger partial charge in [-0.15, -0.1) is 0 Å². The smallest absolute Gasteiger partial charge is 0.239 e. The van der Waals surface area contributed by atoms with Crippen LogP contribution >= 0.6 is 0 Å². The third-order valence-electron chi connectivity index (χ3n) is 2.18. The Morgan fingerprint density at radius 1 is 1.47 bits per heavy atom. The Bertz CT molecular complexity index is 315. The normalized spacial score (nSPS) is 12.2. The zero-order chi connectivity index (χ0) is 11.3. The Balaban J connectivity index is 2.77. The number of hydrogen-bond donors (Lipinski definition) is 2. The molecule has 0 bridgehead atoms. The van der Waals surface area contributed by atoms with Gasteiger partial charge in [0, 0.05) is 6.04 Å². The molecule has 0 saturated heterocycles. The van der Waals surface area contributed by atoms with Crippen molar-refractivity contribution in [2.24, 2.45) is 0 Å². The monoisotopic (exact) mass is 209 g/mol. The summed E-state index contributed by atoms with van der Waals surface area (Å²) in [7, 11) is 0. The average molecular weight is 209 g/mol. The van der Waals surface area contributed by atoms with Crippen molar-refractivity contribution >= 4 is 11.5 Å². The van der Waals surface area contributed by atoms with Crippen molar-refractivity contribution in [1.82, 2.24) is 4.98 Å². The number of anilines is 2. The average Bonchev–Trinajstić information content (AvgIpc) is 2.23. The molecule has 3 N–H and O–H groups in total. The molecule has 1 atom stereocenters. The van der Waals surface area contributed by atoms with E-state index in [1.54, 1.807) is 0 Å². The third kappa shape index (κ3) is 3.31. The van der Waals surface area contributed by atoms with Gasteiger partial charge in [0.05, 0.1) is 12.3 Å². The van der Waals surface area contributed by atoms with Gasteiger partial charge in [-0.1, -0.05) is 6.92 Å². The van der Waals surface area contributed by atoms with E-state index in [2.05, 4.69) is 24.1 Å². The number of nitrogens with one attached hydrogen (secondary N) is 1. The Hall–Kier alpha value is -1.45. The van der Waals surface area contributed by atoms with Gasteiger partial charge in [0.25, 0.3) is 0 Å². The summed E-state index contributed by atoms with van der Waals surface area (Å²) < 4.78 is 5.32. The lowest BCUT2D eigenvalue weighted by molar-refractivity contribution is 0.329. The van der Waals surface area contributed by atoms with Crippen molar-refractivity contribution in [2.45, 2.75) is 33.2 Å². The molecule has 4 nitrogen and oxygen atoms in total. The molecule has 1 aromatic heterocycles. The standard InChI is InChI=1S/C11H19N3O/c1-4-8(3)13-10-7-6-9(12)11(14-10)15-5-2/h6-8H,4-5,12H2,1-3H3,(H,13,14). The lowest BCUT2D eigenvalue weighted by Crippen LogP contribution is -2.15. The van der Waals surface area contributed by atoms with Crippen LogP contribution in [0.4, 0.5) is 11.5 Å². The molecule has 0 aliphatic heterocycles. The Morgan fingerprint density at radius 3 is 2.80 bits per heavy atom. The number of nitrogens with two attached hydrogens (primary N) is 1. The highest BCUT2D eigenvalue weighted by Gasteiger charge is 2.05. The highest BCUT2D eigenvalue weighted by atomic mass is 16.5. The van der Waals surface area contributed by atoms with Gasteiger partial charge in [0.1, 0.15) is 5.82 Å². The second kappa shape index (κ2) is 5.44. The van der Waals surface area contributed by atoms with E-state index in [0.717, 1.165) is 12.2 Å². The maximum absolute atomic E-state index is 5.72. The number of pyridine rings is 1. The first-order valence-electron chi connectivity index (χ1n) is 5.33. The second-order valence-corrected chi connectivity index (χ2v) is 3.48. The largest absolute Gasteiger partial charge is 0.476 e. The molecule has 0 aromatic carbocycles. The molecule has 0 saturated carbocycles. The molecule has 0 aliphatic carbocycles. The van der Waals surface area contributed by atoms with Crippen LogP contribution in [0, 0.1) is 0 Å². The van der Waals surface area contributed by atoms with Gasteiger partial charge < -0.3 is 15.8 Å². The maximum atomic E-state index is 5.72. The molecule has 0 spiro atoms. The number of nitrogens with zero attached hydrogens (tertiary/aromatic N) is 1. The minimum absolute atomic E-state index is 0.399. The molecule has 4 heteroatoms. The van der Waals surface area contributed by atoms with Crippen LogP contribution in [0.2, 0.25) is 0 Å². The van der Waals surface area contributed by atoms with Gasteiger partial charge in [-0.2, -0.15) is 4.98 Å². The first-order valence-corrected chi connectivity index (χ1v) is 5.33. The molecular formula is C11H19N3O. The van der Waals surface area contributed by atoms with Crippen molar-refractivity contribution < 1.29 is 4.74 Å². The quantitative estimate of drug-likeness (QED) is 0.781. The number of nitrogen functional groups attached to an aromatic ring is 1. The van der Waals surface area contributed by atoms with Gasteiger partial charge >= 0.3 is 0 Å². The molecule has 0 fully saturated rings. The molecule has 0 radical (unpaired) electrons. The number of rotatable bonds is 5. The molecule has 1 unspecified atom stereocenters. The molecule has 84 valence electrons.